The highest BCUT2D eigenvalue weighted by molar-refractivity contribution is 5.40. The molecule has 0 N–H and O–H groups in total. The molecule has 0 radical (unpaired) electrons. The molecule has 0 unspecified atom stereocenters. The van der Waals surface area contributed by atoms with E-state index in [-0.39, 0.29) is 7.43 Å². The molecule has 0 aliphatic heterocycles. The van der Waals surface area contributed by atoms with Gasteiger partial charge in [0, 0.05) is 0 Å². The van der Waals surface area contributed by atoms with Gasteiger partial charge < -0.3 is 0 Å². The molecule has 0 heteroatoms. The largest absolute Gasteiger partial charge is 0.0776 e. The highest BCUT2D eigenvalue weighted by atomic mass is 14.1. The second-order valence-corrected chi connectivity index (χ2v) is 4.87. The Morgan fingerprint density at radius 3 is 1.20 bits per heavy atom. The molecule has 0 nitrogen and oxygen atoms in total. The standard InChI is InChI=1S/C14H22.CH4/c1-9(2)13-7-12(6)14(10(3)4)8-11(13)5;/h7-10H,1-6H3;1H4. The Bertz CT molecular complexity index is 285. The molecule has 0 aliphatic carbocycles. The summed E-state index contributed by atoms with van der Waals surface area (Å²) >= 11 is 0. The summed E-state index contributed by atoms with van der Waals surface area (Å²) in [7, 11) is 0. The van der Waals surface area contributed by atoms with Gasteiger partial charge in [0.1, 0.15) is 0 Å². The van der Waals surface area contributed by atoms with E-state index in [9.17, 15) is 0 Å². The monoisotopic (exact) mass is 206 g/mol. The number of rotatable bonds is 2. The Hall–Kier alpha value is -0.780. The van der Waals surface area contributed by atoms with Crippen molar-refractivity contribution in [1.29, 1.82) is 0 Å². The Labute approximate surface area is 95.7 Å². The van der Waals surface area contributed by atoms with Crippen LogP contribution >= 0.6 is 0 Å². The smallest absolute Gasteiger partial charge is 0.0216 e. The molecule has 86 valence electrons. The van der Waals surface area contributed by atoms with E-state index in [1.165, 1.54) is 22.3 Å². The van der Waals surface area contributed by atoms with Crippen LogP contribution in [0.3, 0.4) is 0 Å². The van der Waals surface area contributed by atoms with Crippen LogP contribution in [0.2, 0.25) is 0 Å². The van der Waals surface area contributed by atoms with Crippen LogP contribution in [0.25, 0.3) is 0 Å². The topological polar surface area (TPSA) is 0 Å². The molecule has 1 aromatic carbocycles. The highest BCUT2D eigenvalue weighted by Crippen LogP contribution is 2.26. The summed E-state index contributed by atoms with van der Waals surface area (Å²) < 4.78 is 0. The van der Waals surface area contributed by atoms with Crippen molar-refractivity contribution in [2.24, 2.45) is 0 Å². The first-order valence-corrected chi connectivity index (χ1v) is 5.54. The third kappa shape index (κ3) is 3.09. The lowest BCUT2D eigenvalue weighted by Crippen LogP contribution is -1.99. The van der Waals surface area contributed by atoms with E-state index in [0.29, 0.717) is 11.8 Å². The molecular weight excluding hydrogens is 180 g/mol. The highest BCUT2D eigenvalue weighted by Gasteiger charge is 2.09. The zero-order valence-corrected chi connectivity index (χ0v) is 10.3. The number of hydrogen-bond acceptors (Lipinski definition) is 0. The minimum Gasteiger partial charge on any atom is -0.0776 e. The van der Waals surface area contributed by atoms with Crippen LogP contribution < -0.4 is 0 Å². The quantitative estimate of drug-likeness (QED) is 0.625. The first-order valence-electron chi connectivity index (χ1n) is 5.54. The summed E-state index contributed by atoms with van der Waals surface area (Å²) in [6, 6.07) is 4.71. The van der Waals surface area contributed by atoms with Crippen LogP contribution in [0.5, 0.6) is 0 Å². The number of benzene rings is 1. The van der Waals surface area contributed by atoms with Crippen LogP contribution in [-0.2, 0) is 0 Å². The van der Waals surface area contributed by atoms with Gasteiger partial charge >= 0.3 is 0 Å². The minimum atomic E-state index is 0. The van der Waals surface area contributed by atoms with Gasteiger partial charge in [0.15, 0.2) is 0 Å². The van der Waals surface area contributed by atoms with E-state index in [1.807, 2.05) is 0 Å². The molecule has 1 aromatic rings. The Morgan fingerprint density at radius 1 is 0.733 bits per heavy atom. The summed E-state index contributed by atoms with van der Waals surface area (Å²) in [5, 5.41) is 0. The van der Waals surface area contributed by atoms with Crippen molar-refractivity contribution in [3.05, 3.63) is 34.4 Å². The maximum absolute atomic E-state index is 2.36. The molecule has 15 heavy (non-hydrogen) atoms. The lowest BCUT2D eigenvalue weighted by atomic mass is 9.89. The van der Waals surface area contributed by atoms with E-state index in [4.69, 9.17) is 0 Å². The fourth-order valence-electron chi connectivity index (χ4n) is 2.10. The van der Waals surface area contributed by atoms with Crippen LogP contribution in [0.1, 0.15) is 69.2 Å². The lowest BCUT2D eigenvalue weighted by molar-refractivity contribution is 0.827. The van der Waals surface area contributed by atoms with Crippen LogP contribution in [0.4, 0.5) is 0 Å². The van der Waals surface area contributed by atoms with Crippen molar-refractivity contribution in [1.82, 2.24) is 0 Å². The van der Waals surface area contributed by atoms with Crippen molar-refractivity contribution in [3.63, 3.8) is 0 Å². The van der Waals surface area contributed by atoms with E-state index < -0.39 is 0 Å². The van der Waals surface area contributed by atoms with Gasteiger partial charge in [-0.05, 0) is 47.9 Å². The average molecular weight is 206 g/mol. The van der Waals surface area contributed by atoms with Gasteiger partial charge in [0.05, 0.1) is 0 Å². The normalized spacial score (nSPS) is 10.7. The molecule has 1 rings (SSSR count). The summed E-state index contributed by atoms with van der Waals surface area (Å²) in [6.07, 6.45) is 0. The zero-order valence-electron chi connectivity index (χ0n) is 10.3. The van der Waals surface area contributed by atoms with Gasteiger partial charge in [0.2, 0.25) is 0 Å². The molecule has 0 heterocycles. The second kappa shape index (κ2) is 5.34. The first-order chi connectivity index (χ1) is 6.43. The lowest BCUT2D eigenvalue weighted by Gasteiger charge is -2.16. The molecule has 0 bridgehead atoms. The maximum Gasteiger partial charge on any atom is -0.0216 e. The van der Waals surface area contributed by atoms with Gasteiger partial charge in [-0.3, -0.25) is 0 Å². The summed E-state index contributed by atoms with van der Waals surface area (Å²) in [6.45, 7) is 13.5. The van der Waals surface area contributed by atoms with E-state index >= 15 is 0 Å². The van der Waals surface area contributed by atoms with E-state index in [2.05, 4.69) is 53.7 Å². The van der Waals surface area contributed by atoms with Crippen molar-refractivity contribution >= 4 is 0 Å². The number of hydrogen-bond donors (Lipinski definition) is 0. The zero-order chi connectivity index (χ0) is 10.9. The first kappa shape index (κ1) is 14.2. The van der Waals surface area contributed by atoms with Crippen molar-refractivity contribution in [2.75, 3.05) is 0 Å². The number of aryl methyl sites for hydroxylation is 2. The summed E-state index contributed by atoms with van der Waals surface area (Å²) in [5.74, 6) is 1.27. The van der Waals surface area contributed by atoms with Gasteiger partial charge in [-0.2, -0.15) is 0 Å². The average Bonchev–Trinajstić information content (AvgIpc) is 2.07. The Balaban J connectivity index is 0.00000196. The molecule has 0 aliphatic rings. The van der Waals surface area contributed by atoms with Crippen LogP contribution in [-0.4, -0.2) is 0 Å². The van der Waals surface area contributed by atoms with Crippen molar-refractivity contribution in [3.8, 4) is 0 Å². The van der Waals surface area contributed by atoms with Crippen molar-refractivity contribution < 1.29 is 0 Å². The molecule has 0 fully saturated rings. The Morgan fingerprint density at radius 2 is 1.00 bits per heavy atom. The molecule has 0 aromatic heterocycles. The maximum atomic E-state index is 2.36. The van der Waals surface area contributed by atoms with E-state index in [0.717, 1.165) is 0 Å². The molecule has 0 saturated carbocycles. The SMILES string of the molecule is C.Cc1cc(C(C)C)c(C)cc1C(C)C. The minimum absolute atomic E-state index is 0. The van der Waals surface area contributed by atoms with Gasteiger partial charge in [0.25, 0.3) is 0 Å². The van der Waals surface area contributed by atoms with Crippen LogP contribution in [0, 0.1) is 13.8 Å². The molecular formula is C15H26. The molecule has 0 saturated heterocycles. The van der Waals surface area contributed by atoms with Crippen molar-refractivity contribution in [2.45, 2.75) is 60.8 Å². The summed E-state index contributed by atoms with van der Waals surface area (Å²) in [5.41, 5.74) is 5.86. The Kier molecular flexibility index (Phi) is 5.07. The third-order valence-corrected chi connectivity index (χ3v) is 2.90. The van der Waals surface area contributed by atoms with Gasteiger partial charge in [-0.1, -0.05) is 47.3 Å². The summed E-state index contributed by atoms with van der Waals surface area (Å²) in [4.78, 5) is 0. The predicted molar refractivity (Wildman–Crippen MR) is 70.8 cm³/mol. The van der Waals surface area contributed by atoms with Gasteiger partial charge in [-0.25, -0.2) is 0 Å². The molecule has 0 amide bonds. The fourth-order valence-corrected chi connectivity index (χ4v) is 2.10. The fraction of sp³-hybridized carbons (Fsp3) is 0.600. The predicted octanol–water partition coefficient (Wildman–Crippen LogP) is 5.19. The molecule has 0 atom stereocenters. The second-order valence-electron chi connectivity index (χ2n) is 4.87. The molecule has 0 spiro atoms. The van der Waals surface area contributed by atoms with Gasteiger partial charge in [-0.15, -0.1) is 0 Å². The van der Waals surface area contributed by atoms with Crippen LogP contribution in [0.15, 0.2) is 12.1 Å². The third-order valence-electron chi connectivity index (χ3n) is 2.90. The van der Waals surface area contributed by atoms with E-state index in [1.54, 1.807) is 0 Å².